The number of carbonyl (C=O) groups is 3. The molecule has 236 valence electrons. The molecule has 11 nitrogen and oxygen atoms in total. The van der Waals surface area contributed by atoms with Gasteiger partial charge in [-0.2, -0.15) is 0 Å². The van der Waals surface area contributed by atoms with Crippen LogP contribution in [0.4, 0.5) is 11.4 Å². The number of ether oxygens (including phenoxy) is 2. The van der Waals surface area contributed by atoms with Gasteiger partial charge in [-0.3, -0.25) is 9.59 Å². The minimum absolute atomic E-state index is 0.0186. The van der Waals surface area contributed by atoms with Gasteiger partial charge in [-0.05, 0) is 30.7 Å². The lowest BCUT2D eigenvalue weighted by atomic mass is 9.92. The summed E-state index contributed by atoms with van der Waals surface area (Å²) < 4.78 is 20.7. The van der Waals surface area contributed by atoms with Gasteiger partial charge in [-0.1, -0.05) is 0 Å². The van der Waals surface area contributed by atoms with Crippen LogP contribution < -0.4 is 29.2 Å². The van der Waals surface area contributed by atoms with Crippen molar-refractivity contribution in [1.29, 1.82) is 0 Å². The molecule has 2 aromatic rings. The molecule has 5 rings (SSSR count). The van der Waals surface area contributed by atoms with Crippen molar-refractivity contribution in [3.05, 3.63) is 53.9 Å². The predicted molar refractivity (Wildman–Crippen MR) is 173 cm³/mol. The number of fused-ring (bicyclic) bond motifs is 2. The van der Waals surface area contributed by atoms with Gasteiger partial charge in [0.15, 0.2) is 0 Å². The quantitative estimate of drug-likeness (QED) is 0.113. The third-order valence-corrected chi connectivity index (χ3v) is 7.74. The molecule has 1 saturated heterocycles. The summed E-state index contributed by atoms with van der Waals surface area (Å²) in [7, 11) is 13.4. The van der Waals surface area contributed by atoms with Crippen molar-refractivity contribution in [3.8, 4) is 33.9 Å². The second-order valence-corrected chi connectivity index (χ2v) is 11.5. The fourth-order valence-electron chi connectivity index (χ4n) is 5.30. The summed E-state index contributed by atoms with van der Waals surface area (Å²) >= 11 is 0. The van der Waals surface area contributed by atoms with Gasteiger partial charge in [-0.15, -0.1) is 5.06 Å². The molecule has 0 unspecified atom stereocenters. The van der Waals surface area contributed by atoms with Crippen molar-refractivity contribution in [2.75, 3.05) is 65.8 Å². The highest BCUT2D eigenvalue weighted by Crippen LogP contribution is 2.47. The lowest BCUT2D eigenvalue weighted by molar-refractivity contribution is -0.197. The van der Waals surface area contributed by atoms with Crippen molar-refractivity contribution in [1.82, 2.24) is 9.64 Å². The van der Waals surface area contributed by atoms with E-state index in [1.54, 1.807) is 7.11 Å². The van der Waals surface area contributed by atoms with E-state index in [2.05, 4.69) is 24.3 Å². The Hall–Kier alpha value is -5.06. The molecule has 45 heavy (non-hydrogen) atoms. The number of amides is 2. The maximum absolute atomic E-state index is 12.3. The number of anilines is 2. The SMILES string of the molecule is COc1cc(N(C)C)c(OCCCC(=O)ON2C(=O)CCC2=O)cc1-c1c2ccc(=[N+](C)C)cc-2oc2cc(N(C)C)ccc12. The molecule has 2 aliphatic heterocycles. The lowest BCUT2D eigenvalue weighted by Crippen LogP contribution is -2.32. The van der Waals surface area contributed by atoms with Crippen molar-refractivity contribution >= 4 is 40.1 Å². The van der Waals surface area contributed by atoms with Crippen LogP contribution in [-0.2, 0) is 19.2 Å². The first-order valence-corrected chi connectivity index (χ1v) is 14.8. The third kappa shape index (κ3) is 6.43. The van der Waals surface area contributed by atoms with Gasteiger partial charge < -0.3 is 28.5 Å². The average Bonchev–Trinajstić information content (AvgIpc) is 3.32. The maximum Gasteiger partial charge on any atom is 0.333 e. The van der Waals surface area contributed by atoms with E-state index in [0.29, 0.717) is 23.0 Å². The molecule has 0 spiro atoms. The summed E-state index contributed by atoms with van der Waals surface area (Å²) in [6.45, 7) is 0.202. The standard InChI is InChI=1S/C34H39N4O7/c1-35(2)21-10-12-23-28(17-21)44-29-18-22(36(3)4)11-13-24(29)34(23)25-19-30(26(37(5)6)20-27(25)42-7)43-16-8-9-33(41)45-38-31(39)14-15-32(38)40/h10-13,17-20H,8-9,14-16H2,1-7H3/q+1. The lowest BCUT2D eigenvalue weighted by Gasteiger charge is -2.23. The fourth-order valence-corrected chi connectivity index (χ4v) is 5.30. The maximum atomic E-state index is 12.3. The molecule has 2 aromatic carbocycles. The number of methoxy groups -OCH3 is 1. The number of hydroxylamine groups is 2. The van der Waals surface area contributed by atoms with Crippen LogP contribution in [0.3, 0.4) is 0 Å². The summed E-state index contributed by atoms with van der Waals surface area (Å²) in [6, 6.07) is 16.2. The van der Waals surface area contributed by atoms with E-state index in [4.69, 9.17) is 18.7 Å². The predicted octanol–water partition coefficient (Wildman–Crippen LogP) is 4.14. The van der Waals surface area contributed by atoms with Gasteiger partial charge >= 0.3 is 5.97 Å². The van der Waals surface area contributed by atoms with Gasteiger partial charge in [0.2, 0.25) is 5.36 Å². The second-order valence-electron chi connectivity index (χ2n) is 11.5. The summed E-state index contributed by atoms with van der Waals surface area (Å²) in [4.78, 5) is 44.8. The topological polar surface area (TPSA) is 105 Å². The number of hydrogen-bond donors (Lipinski definition) is 0. The first-order valence-electron chi connectivity index (χ1n) is 14.8. The number of carbonyl (C=O) groups excluding carboxylic acids is 3. The Morgan fingerprint density at radius 3 is 2.29 bits per heavy atom. The van der Waals surface area contributed by atoms with E-state index >= 15 is 0 Å². The van der Waals surface area contributed by atoms with Crippen LogP contribution in [0.2, 0.25) is 0 Å². The minimum Gasteiger partial charge on any atom is -0.496 e. The summed E-state index contributed by atoms with van der Waals surface area (Å²) in [6.07, 6.45) is 0.404. The molecule has 1 aliphatic carbocycles. The zero-order valence-electron chi connectivity index (χ0n) is 26.8. The Balaban J connectivity index is 1.54. The zero-order valence-corrected chi connectivity index (χ0v) is 26.8. The zero-order chi connectivity index (χ0) is 32.4. The van der Waals surface area contributed by atoms with E-state index in [9.17, 15) is 14.4 Å². The largest absolute Gasteiger partial charge is 0.496 e. The Morgan fingerprint density at radius 1 is 0.911 bits per heavy atom. The van der Waals surface area contributed by atoms with Gasteiger partial charge in [0.25, 0.3) is 11.8 Å². The minimum atomic E-state index is -0.661. The average molecular weight is 616 g/mol. The Bertz CT molecular complexity index is 1810. The summed E-state index contributed by atoms with van der Waals surface area (Å²) in [5.41, 5.74) is 5.22. The van der Waals surface area contributed by atoms with Crippen molar-refractivity contribution in [2.45, 2.75) is 25.7 Å². The van der Waals surface area contributed by atoms with Gasteiger partial charge in [0.05, 0.1) is 31.9 Å². The molecule has 0 bridgehead atoms. The third-order valence-electron chi connectivity index (χ3n) is 7.74. The normalized spacial score (nSPS) is 13.0. The van der Waals surface area contributed by atoms with Gasteiger partial charge in [0.1, 0.15) is 36.9 Å². The van der Waals surface area contributed by atoms with E-state index in [1.807, 2.05) is 80.9 Å². The Morgan fingerprint density at radius 2 is 1.64 bits per heavy atom. The fraction of sp³-hybridized carbons (Fsp3) is 0.353. The first kappa shape index (κ1) is 31.4. The molecule has 0 atom stereocenters. The molecule has 1 fully saturated rings. The van der Waals surface area contributed by atoms with Crippen LogP contribution in [-0.4, -0.2) is 78.8 Å². The molecular weight excluding hydrogens is 576 g/mol. The van der Waals surface area contributed by atoms with Crippen molar-refractivity contribution in [3.63, 3.8) is 0 Å². The van der Waals surface area contributed by atoms with Crippen LogP contribution in [0.25, 0.3) is 33.4 Å². The molecule has 0 saturated carbocycles. The molecule has 0 radical (unpaired) electrons. The highest BCUT2D eigenvalue weighted by atomic mass is 16.7. The molecule has 2 heterocycles. The van der Waals surface area contributed by atoms with E-state index in [-0.39, 0.29) is 25.9 Å². The molecule has 2 amide bonds. The van der Waals surface area contributed by atoms with E-state index in [1.165, 1.54) is 0 Å². The summed E-state index contributed by atoms with van der Waals surface area (Å²) in [5, 5.41) is 2.49. The monoisotopic (exact) mass is 615 g/mol. The number of rotatable bonds is 10. The Kier molecular flexibility index (Phi) is 8.99. The highest BCUT2D eigenvalue weighted by molar-refractivity contribution is 6.04. The molecule has 0 N–H and O–H groups in total. The number of nitrogens with zero attached hydrogens (tertiary/aromatic N) is 4. The van der Waals surface area contributed by atoms with Crippen LogP contribution >= 0.6 is 0 Å². The van der Waals surface area contributed by atoms with E-state index in [0.717, 1.165) is 50.2 Å². The number of imide groups is 1. The molecule has 3 aliphatic rings. The van der Waals surface area contributed by atoms with Crippen LogP contribution in [0.1, 0.15) is 25.7 Å². The molecule has 11 heteroatoms. The number of hydrogen-bond acceptors (Lipinski definition) is 9. The van der Waals surface area contributed by atoms with Crippen LogP contribution in [0.5, 0.6) is 11.5 Å². The first-order chi connectivity index (χ1) is 21.5. The smallest absolute Gasteiger partial charge is 0.333 e. The molecular formula is C34H39N4O7+. The second kappa shape index (κ2) is 12.9. The van der Waals surface area contributed by atoms with Gasteiger partial charge in [0, 0.05) is 87.0 Å². The van der Waals surface area contributed by atoms with Crippen molar-refractivity contribution < 1.29 is 33.1 Å². The summed E-state index contributed by atoms with van der Waals surface area (Å²) in [5.74, 6) is 0.328. The highest BCUT2D eigenvalue weighted by Gasteiger charge is 2.32. The van der Waals surface area contributed by atoms with E-state index < -0.39 is 17.8 Å². The Labute approximate surface area is 262 Å². The van der Waals surface area contributed by atoms with Crippen LogP contribution in [0.15, 0.2) is 52.9 Å². The van der Waals surface area contributed by atoms with Crippen molar-refractivity contribution in [2.24, 2.45) is 0 Å². The van der Waals surface area contributed by atoms with Crippen LogP contribution in [0, 0.1) is 0 Å². The molecule has 0 aromatic heterocycles. The van der Waals surface area contributed by atoms with Gasteiger partial charge in [-0.25, -0.2) is 9.37 Å². The number of benzene rings is 3.